The fourth-order valence-electron chi connectivity index (χ4n) is 3.62. The molecular formula is C22H37IN6S2. The van der Waals surface area contributed by atoms with E-state index < -0.39 is 0 Å². The van der Waals surface area contributed by atoms with Crippen molar-refractivity contribution in [1.29, 1.82) is 0 Å². The average Bonchev–Trinajstić information content (AvgIpc) is 3.42. The highest BCUT2D eigenvalue weighted by atomic mass is 127. The van der Waals surface area contributed by atoms with Crippen LogP contribution in [0.25, 0.3) is 0 Å². The van der Waals surface area contributed by atoms with Crippen LogP contribution < -0.4 is 10.6 Å². The van der Waals surface area contributed by atoms with Gasteiger partial charge in [0.1, 0.15) is 0 Å². The Hall–Kier alpha value is -0.780. The van der Waals surface area contributed by atoms with E-state index in [9.17, 15) is 0 Å². The van der Waals surface area contributed by atoms with Crippen LogP contribution in [0.5, 0.6) is 0 Å². The molecule has 0 atom stereocenters. The summed E-state index contributed by atoms with van der Waals surface area (Å²) in [5.74, 6) is 1.60. The first-order valence-corrected chi connectivity index (χ1v) is 13.0. The largest absolute Gasteiger partial charge is 0.357 e. The molecule has 1 aliphatic rings. The number of halogens is 1. The number of nitrogens with zero attached hydrogens (tertiary/aromatic N) is 4. The Morgan fingerprint density at radius 3 is 2.61 bits per heavy atom. The number of hydrogen-bond donors (Lipinski definition) is 2. The SMILES string of the molecule is CCNC(=NCC1CCN(Cc2csc(CC)n2)CC1)NCCc1ncc(CC)s1.I. The number of aromatic nitrogens is 2. The number of aliphatic imine (C=N–C) groups is 1. The van der Waals surface area contributed by atoms with Crippen LogP contribution in [0.3, 0.4) is 0 Å². The maximum absolute atomic E-state index is 4.86. The van der Waals surface area contributed by atoms with Gasteiger partial charge >= 0.3 is 0 Å². The summed E-state index contributed by atoms with van der Waals surface area (Å²) >= 11 is 3.61. The van der Waals surface area contributed by atoms with Crippen LogP contribution in [0.4, 0.5) is 0 Å². The van der Waals surface area contributed by atoms with Crippen LogP contribution in [0.2, 0.25) is 0 Å². The Kier molecular flexibility index (Phi) is 12.3. The molecule has 9 heteroatoms. The van der Waals surface area contributed by atoms with Gasteiger partial charge in [0.15, 0.2) is 5.96 Å². The van der Waals surface area contributed by atoms with E-state index in [0.29, 0.717) is 5.92 Å². The predicted octanol–water partition coefficient (Wildman–Crippen LogP) is 4.35. The van der Waals surface area contributed by atoms with E-state index in [0.717, 1.165) is 64.5 Å². The van der Waals surface area contributed by atoms with Gasteiger partial charge in [-0.05, 0) is 51.6 Å². The number of nitrogens with one attached hydrogen (secondary N) is 2. The molecule has 3 heterocycles. The van der Waals surface area contributed by atoms with Crippen molar-refractivity contribution < 1.29 is 0 Å². The summed E-state index contributed by atoms with van der Waals surface area (Å²) in [5, 5.41) is 11.5. The van der Waals surface area contributed by atoms with Crippen molar-refractivity contribution in [2.45, 2.75) is 59.4 Å². The molecule has 3 rings (SSSR count). The van der Waals surface area contributed by atoms with E-state index in [1.807, 2.05) is 17.5 Å². The first-order chi connectivity index (χ1) is 14.7. The number of aryl methyl sites for hydroxylation is 2. The van der Waals surface area contributed by atoms with Gasteiger partial charge in [-0.15, -0.1) is 46.7 Å². The molecule has 31 heavy (non-hydrogen) atoms. The molecule has 174 valence electrons. The highest BCUT2D eigenvalue weighted by Gasteiger charge is 2.20. The number of piperidine rings is 1. The zero-order valence-corrected chi connectivity index (χ0v) is 23.0. The molecule has 2 N–H and O–H groups in total. The van der Waals surface area contributed by atoms with Crippen LogP contribution in [0.1, 0.15) is 54.2 Å². The lowest BCUT2D eigenvalue weighted by Gasteiger charge is -2.30. The van der Waals surface area contributed by atoms with Crippen molar-refractivity contribution in [2.24, 2.45) is 10.9 Å². The monoisotopic (exact) mass is 576 g/mol. The van der Waals surface area contributed by atoms with Crippen molar-refractivity contribution in [2.75, 3.05) is 32.7 Å². The summed E-state index contributed by atoms with van der Waals surface area (Å²) in [6, 6.07) is 0. The molecule has 1 saturated heterocycles. The molecule has 0 bridgehead atoms. The van der Waals surface area contributed by atoms with Gasteiger partial charge in [0, 0.05) is 49.1 Å². The van der Waals surface area contributed by atoms with Crippen LogP contribution in [-0.2, 0) is 25.8 Å². The zero-order chi connectivity index (χ0) is 21.2. The highest BCUT2D eigenvalue weighted by molar-refractivity contribution is 14.0. The molecule has 0 aromatic carbocycles. The first kappa shape index (κ1) is 26.5. The molecule has 0 unspecified atom stereocenters. The Bertz CT molecular complexity index is 783. The fraction of sp³-hybridized carbons (Fsp3) is 0.682. The lowest BCUT2D eigenvalue weighted by atomic mass is 9.97. The van der Waals surface area contributed by atoms with Crippen molar-refractivity contribution in [1.82, 2.24) is 25.5 Å². The van der Waals surface area contributed by atoms with Gasteiger partial charge in [-0.2, -0.15) is 0 Å². The standard InChI is InChI=1S/C22H36N6S2.HI/c1-4-19-14-25-21(30-19)7-10-24-22(23-6-3)26-13-17-8-11-28(12-9-17)15-18-16-29-20(5-2)27-18;/h14,16-17H,4-13,15H2,1-3H3,(H2,23,24,26);1H. The van der Waals surface area contributed by atoms with Crippen LogP contribution >= 0.6 is 46.7 Å². The third kappa shape index (κ3) is 8.94. The van der Waals surface area contributed by atoms with Crippen molar-refractivity contribution in [3.63, 3.8) is 0 Å². The third-order valence-electron chi connectivity index (χ3n) is 5.43. The third-order valence-corrected chi connectivity index (χ3v) is 7.67. The molecule has 0 saturated carbocycles. The molecule has 0 radical (unpaired) electrons. The topological polar surface area (TPSA) is 65.4 Å². The first-order valence-electron chi connectivity index (χ1n) is 11.3. The summed E-state index contributed by atoms with van der Waals surface area (Å²) in [6.45, 7) is 12.4. The van der Waals surface area contributed by atoms with Gasteiger partial charge in [-0.25, -0.2) is 9.97 Å². The highest BCUT2D eigenvalue weighted by Crippen LogP contribution is 2.20. The number of guanidine groups is 1. The lowest BCUT2D eigenvalue weighted by Crippen LogP contribution is -2.39. The van der Waals surface area contributed by atoms with Crippen LogP contribution in [0, 0.1) is 5.92 Å². The predicted molar refractivity (Wildman–Crippen MR) is 144 cm³/mol. The molecule has 1 fully saturated rings. The van der Waals surface area contributed by atoms with E-state index in [-0.39, 0.29) is 24.0 Å². The molecule has 2 aromatic rings. The Balaban J connectivity index is 0.00000341. The molecule has 1 aliphatic heterocycles. The van der Waals surface area contributed by atoms with Crippen molar-refractivity contribution in [3.05, 3.63) is 32.2 Å². The Morgan fingerprint density at radius 1 is 1.16 bits per heavy atom. The van der Waals surface area contributed by atoms with Crippen LogP contribution in [0.15, 0.2) is 16.6 Å². The van der Waals surface area contributed by atoms with Crippen LogP contribution in [-0.4, -0.2) is 53.6 Å². The minimum atomic E-state index is 0. The van der Waals surface area contributed by atoms with E-state index in [1.54, 1.807) is 11.3 Å². The minimum absolute atomic E-state index is 0. The van der Waals surface area contributed by atoms with E-state index in [2.05, 4.69) is 46.7 Å². The smallest absolute Gasteiger partial charge is 0.191 e. The molecule has 6 nitrogen and oxygen atoms in total. The van der Waals surface area contributed by atoms with Gasteiger partial charge in [-0.3, -0.25) is 9.89 Å². The maximum Gasteiger partial charge on any atom is 0.191 e. The van der Waals surface area contributed by atoms with E-state index in [4.69, 9.17) is 9.98 Å². The summed E-state index contributed by atoms with van der Waals surface area (Å²) in [7, 11) is 0. The van der Waals surface area contributed by atoms with Crippen molar-refractivity contribution >= 4 is 52.6 Å². The molecule has 0 amide bonds. The Morgan fingerprint density at radius 2 is 1.97 bits per heavy atom. The maximum atomic E-state index is 4.86. The zero-order valence-electron chi connectivity index (χ0n) is 19.0. The fourth-order valence-corrected chi connectivity index (χ4v) is 5.22. The number of rotatable bonds is 10. The van der Waals surface area contributed by atoms with Gasteiger partial charge in [-0.1, -0.05) is 13.8 Å². The average molecular weight is 577 g/mol. The second-order valence-electron chi connectivity index (χ2n) is 7.78. The number of likely N-dealkylation sites (tertiary alicyclic amines) is 1. The second-order valence-corrected chi connectivity index (χ2v) is 9.92. The molecular weight excluding hydrogens is 539 g/mol. The van der Waals surface area contributed by atoms with Crippen molar-refractivity contribution in [3.8, 4) is 0 Å². The minimum Gasteiger partial charge on any atom is -0.357 e. The molecule has 0 spiro atoms. The summed E-state index contributed by atoms with van der Waals surface area (Å²) < 4.78 is 0. The van der Waals surface area contributed by atoms with E-state index >= 15 is 0 Å². The van der Waals surface area contributed by atoms with Gasteiger partial charge in [0.25, 0.3) is 0 Å². The summed E-state index contributed by atoms with van der Waals surface area (Å²) in [5.41, 5.74) is 1.23. The molecule has 0 aliphatic carbocycles. The Labute approximate surface area is 212 Å². The molecule has 2 aromatic heterocycles. The lowest BCUT2D eigenvalue weighted by molar-refractivity contribution is 0.179. The number of hydrogen-bond acceptors (Lipinski definition) is 6. The summed E-state index contributed by atoms with van der Waals surface area (Å²) in [6.07, 6.45) is 7.49. The normalized spacial score (nSPS) is 15.6. The summed E-state index contributed by atoms with van der Waals surface area (Å²) in [4.78, 5) is 18.0. The van der Waals surface area contributed by atoms with Gasteiger partial charge in [0.2, 0.25) is 0 Å². The quantitative estimate of drug-likeness (QED) is 0.250. The van der Waals surface area contributed by atoms with Gasteiger partial charge < -0.3 is 10.6 Å². The number of thiazole rings is 2. The second kappa shape index (κ2) is 14.4. The van der Waals surface area contributed by atoms with Gasteiger partial charge in [0.05, 0.1) is 15.7 Å². The van der Waals surface area contributed by atoms with E-state index in [1.165, 1.54) is 33.4 Å².